The van der Waals surface area contributed by atoms with Gasteiger partial charge in [0.25, 0.3) is 5.91 Å². The second-order valence-corrected chi connectivity index (χ2v) is 6.88. The van der Waals surface area contributed by atoms with Gasteiger partial charge in [-0.3, -0.25) is 9.78 Å². The molecule has 4 nitrogen and oxygen atoms in total. The molecule has 2 aromatic heterocycles. The number of hydrogen-bond donors (Lipinski definition) is 0. The molecule has 0 unspecified atom stereocenters. The fraction of sp³-hybridized carbons (Fsp3) is 0.471. The van der Waals surface area contributed by atoms with Crippen molar-refractivity contribution in [1.29, 1.82) is 0 Å². The maximum Gasteiger partial charge on any atom is 0.265 e. The van der Waals surface area contributed by atoms with Crippen molar-refractivity contribution in [3.05, 3.63) is 35.1 Å². The molecule has 0 aromatic carbocycles. The third-order valence-corrected chi connectivity index (χ3v) is 5.54. The van der Waals surface area contributed by atoms with Gasteiger partial charge in [-0.05, 0) is 31.9 Å². The number of hydrogen-bond acceptors (Lipinski definition) is 4. The summed E-state index contributed by atoms with van der Waals surface area (Å²) in [4.78, 5) is 24.2. The van der Waals surface area contributed by atoms with E-state index >= 15 is 0 Å². The van der Waals surface area contributed by atoms with E-state index in [0.717, 1.165) is 34.0 Å². The average molecular weight is 315 g/mol. The van der Waals surface area contributed by atoms with Crippen LogP contribution in [-0.4, -0.2) is 33.9 Å². The first-order valence-electron chi connectivity index (χ1n) is 7.82. The lowest BCUT2D eigenvalue weighted by Crippen LogP contribution is -2.38. The molecule has 1 saturated carbocycles. The molecule has 5 heteroatoms. The molecule has 1 aliphatic carbocycles. The zero-order valence-corrected chi connectivity index (χ0v) is 13.9. The molecule has 0 saturated heterocycles. The van der Waals surface area contributed by atoms with E-state index in [4.69, 9.17) is 0 Å². The maximum atomic E-state index is 12.8. The van der Waals surface area contributed by atoms with E-state index in [1.54, 1.807) is 12.4 Å². The summed E-state index contributed by atoms with van der Waals surface area (Å²) < 4.78 is 0. The molecule has 0 bridgehead atoms. The van der Waals surface area contributed by atoms with Gasteiger partial charge in [0.05, 0.1) is 5.69 Å². The van der Waals surface area contributed by atoms with Crippen LogP contribution in [0.5, 0.6) is 0 Å². The summed E-state index contributed by atoms with van der Waals surface area (Å²) in [5.74, 6) is 0.108. The molecule has 2 heterocycles. The van der Waals surface area contributed by atoms with Crippen molar-refractivity contribution >= 4 is 17.2 Å². The number of nitrogens with zero attached hydrogens (tertiary/aromatic N) is 3. The maximum absolute atomic E-state index is 12.8. The first kappa shape index (κ1) is 15.2. The lowest BCUT2D eigenvalue weighted by Gasteiger charge is -2.31. The molecular formula is C17H21N3OS. The molecule has 1 aliphatic rings. The van der Waals surface area contributed by atoms with Crippen molar-refractivity contribution in [2.45, 2.75) is 45.1 Å². The van der Waals surface area contributed by atoms with Crippen molar-refractivity contribution in [3.8, 4) is 10.6 Å². The van der Waals surface area contributed by atoms with Gasteiger partial charge in [0.1, 0.15) is 9.88 Å². The highest BCUT2D eigenvalue weighted by molar-refractivity contribution is 7.17. The second kappa shape index (κ2) is 6.57. The molecule has 116 valence electrons. The Kier molecular flexibility index (Phi) is 4.52. The lowest BCUT2D eigenvalue weighted by molar-refractivity contribution is 0.0700. The van der Waals surface area contributed by atoms with Crippen LogP contribution in [0.4, 0.5) is 0 Å². The minimum Gasteiger partial charge on any atom is -0.338 e. The largest absolute Gasteiger partial charge is 0.338 e. The van der Waals surface area contributed by atoms with Crippen molar-refractivity contribution in [2.75, 3.05) is 7.05 Å². The van der Waals surface area contributed by atoms with Crippen LogP contribution in [0.3, 0.4) is 0 Å². The zero-order valence-electron chi connectivity index (χ0n) is 13.1. The minimum absolute atomic E-state index is 0.108. The Morgan fingerprint density at radius 2 is 2.09 bits per heavy atom. The summed E-state index contributed by atoms with van der Waals surface area (Å²) in [6.07, 6.45) is 9.52. The number of thiazole rings is 1. The van der Waals surface area contributed by atoms with Crippen LogP contribution < -0.4 is 0 Å². The predicted octanol–water partition coefficient (Wildman–Crippen LogP) is 3.92. The van der Waals surface area contributed by atoms with Crippen LogP contribution >= 0.6 is 11.3 Å². The Labute approximate surface area is 135 Å². The van der Waals surface area contributed by atoms with Gasteiger partial charge in [-0.2, -0.15) is 0 Å². The number of carbonyl (C=O) groups is 1. The van der Waals surface area contributed by atoms with E-state index in [1.807, 2.05) is 31.0 Å². The summed E-state index contributed by atoms with van der Waals surface area (Å²) in [7, 11) is 1.93. The van der Waals surface area contributed by atoms with E-state index in [2.05, 4.69) is 9.97 Å². The quantitative estimate of drug-likeness (QED) is 0.862. The molecule has 0 aliphatic heterocycles. The van der Waals surface area contributed by atoms with Gasteiger partial charge in [-0.25, -0.2) is 4.98 Å². The summed E-state index contributed by atoms with van der Waals surface area (Å²) >= 11 is 1.47. The number of amides is 1. The van der Waals surface area contributed by atoms with Crippen LogP contribution in [-0.2, 0) is 0 Å². The first-order chi connectivity index (χ1) is 10.7. The Hall–Kier alpha value is -1.75. The summed E-state index contributed by atoms with van der Waals surface area (Å²) in [5.41, 5.74) is 1.78. The van der Waals surface area contributed by atoms with Gasteiger partial charge in [-0.1, -0.05) is 19.3 Å². The van der Waals surface area contributed by atoms with Crippen LogP contribution in [0, 0.1) is 6.92 Å². The summed E-state index contributed by atoms with van der Waals surface area (Å²) in [6, 6.07) is 4.25. The van der Waals surface area contributed by atoms with Crippen LogP contribution in [0.25, 0.3) is 10.6 Å². The highest BCUT2D eigenvalue weighted by Gasteiger charge is 2.26. The Balaban J connectivity index is 1.82. The van der Waals surface area contributed by atoms with Crippen LogP contribution in [0.2, 0.25) is 0 Å². The number of aromatic nitrogens is 2. The third kappa shape index (κ3) is 3.04. The molecule has 0 N–H and O–H groups in total. The highest BCUT2D eigenvalue weighted by Crippen LogP contribution is 2.30. The van der Waals surface area contributed by atoms with E-state index in [0.29, 0.717) is 6.04 Å². The Morgan fingerprint density at radius 1 is 1.32 bits per heavy atom. The summed E-state index contributed by atoms with van der Waals surface area (Å²) in [5, 5.41) is 0.867. The number of carbonyl (C=O) groups excluding carboxylic acids is 1. The van der Waals surface area contributed by atoms with Crippen molar-refractivity contribution < 1.29 is 4.79 Å². The van der Waals surface area contributed by atoms with E-state index < -0.39 is 0 Å². The minimum atomic E-state index is 0.108. The Morgan fingerprint density at radius 3 is 2.77 bits per heavy atom. The van der Waals surface area contributed by atoms with Gasteiger partial charge in [-0.15, -0.1) is 11.3 Å². The predicted molar refractivity (Wildman–Crippen MR) is 89.0 cm³/mol. The monoisotopic (exact) mass is 315 g/mol. The lowest BCUT2D eigenvalue weighted by atomic mass is 9.94. The van der Waals surface area contributed by atoms with Gasteiger partial charge < -0.3 is 4.90 Å². The fourth-order valence-electron chi connectivity index (χ4n) is 3.00. The van der Waals surface area contributed by atoms with Gasteiger partial charge in [0.2, 0.25) is 0 Å². The molecule has 2 aromatic rings. The average Bonchev–Trinajstić information content (AvgIpc) is 2.97. The van der Waals surface area contributed by atoms with Gasteiger partial charge >= 0.3 is 0 Å². The topological polar surface area (TPSA) is 46.1 Å². The molecule has 1 fully saturated rings. The van der Waals surface area contributed by atoms with Gasteiger partial charge in [0.15, 0.2) is 0 Å². The number of pyridine rings is 1. The fourth-order valence-corrected chi connectivity index (χ4v) is 4.04. The molecule has 0 spiro atoms. The van der Waals surface area contributed by atoms with E-state index in [9.17, 15) is 4.79 Å². The Bertz CT molecular complexity index is 647. The van der Waals surface area contributed by atoms with Crippen molar-refractivity contribution in [1.82, 2.24) is 14.9 Å². The zero-order chi connectivity index (χ0) is 15.5. The smallest absolute Gasteiger partial charge is 0.265 e. The SMILES string of the molecule is Cc1nc(-c2cccnc2)sc1C(=O)N(C)C1CCCCC1. The normalized spacial score (nSPS) is 15.7. The van der Waals surface area contributed by atoms with Crippen LogP contribution in [0.15, 0.2) is 24.5 Å². The molecule has 1 amide bonds. The number of rotatable bonds is 3. The van der Waals surface area contributed by atoms with E-state index in [1.165, 1.54) is 30.6 Å². The van der Waals surface area contributed by atoms with Gasteiger partial charge in [0, 0.05) is 31.0 Å². The third-order valence-electron chi connectivity index (χ3n) is 4.34. The standard InChI is InChI=1S/C17H21N3OS/c1-12-15(17(21)20(2)14-8-4-3-5-9-14)22-16(19-12)13-7-6-10-18-11-13/h6-7,10-11,14H,3-5,8-9H2,1-2H3. The highest BCUT2D eigenvalue weighted by atomic mass is 32.1. The van der Waals surface area contributed by atoms with E-state index in [-0.39, 0.29) is 5.91 Å². The van der Waals surface area contributed by atoms with Crippen LogP contribution in [0.1, 0.15) is 47.5 Å². The summed E-state index contributed by atoms with van der Waals surface area (Å²) in [6.45, 7) is 1.91. The number of aryl methyl sites for hydroxylation is 1. The molecule has 0 atom stereocenters. The molecule has 3 rings (SSSR count). The first-order valence-corrected chi connectivity index (χ1v) is 8.63. The molecular weight excluding hydrogens is 294 g/mol. The molecule has 22 heavy (non-hydrogen) atoms. The second-order valence-electron chi connectivity index (χ2n) is 5.88. The molecule has 0 radical (unpaired) electrons. The van der Waals surface area contributed by atoms with Crippen molar-refractivity contribution in [3.63, 3.8) is 0 Å². The van der Waals surface area contributed by atoms with Crippen molar-refractivity contribution in [2.24, 2.45) is 0 Å².